The van der Waals surface area contributed by atoms with Crippen molar-refractivity contribution in [3.8, 4) is 11.3 Å². The van der Waals surface area contributed by atoms with Gasteiger partial charge in [0.25, 0.3) is 11.2 Å². The van der Waals surface area contributed by atoms with Crippen LogP contribution in [0.1, 0.15) is 17.4 Å². The van der Waals surface area contributed by atoms with Crippen molar-refractivity contribution in [3.63, 3.8) is 0 Å². The van der Waals surface area contributed by atoms with Crippen LogP contribution in [0.2, 0.25) is 25.7 Å². The summed E-state index contributed by atoms with van der Waals surface area (Å²) in [6, 6.07) is 5.32. The fourth-order valence-electron chi connectivity index (χ4n) is 3.41. The molecule has 10 nitrogen and oxygen atoms in total. The summed E-state index contributed by atoms with van der Waals surface area (Å²) in [6.07, 6.45) is 0. The summed E-state index contributed by atoms with van der Waals surface area (Å²) in [5.74, 6) is -1.44. The number of aromatic nitrogens is 3. The number of aryl methyl sites for hydroxylation is 1. The van der Waals surface area contributed by atoms with Crippen LogP contribution in [0.4, 0.5) is 10.1 Å². The standard InChI is InChI=1S/C22H27FN4O6Si/c1-6-33-22(29)18-12-16-19(15-11-14(27(30)31)7-8-17(15)23)24-25(2)21(28)20(16)26(18)13-32-9-10-34(3,4)5/h7-8,11-12H,6,9-10,13H2,1-5H3. The molecule has 12 heteroatoms. The number of carbonyl (C=O) groups excluding carboxylic acids is 1. The molecule has 3 rings (SSSR count). The maximum atomic E-state index is 14.8. The van der Waals surface area contributed by atoms with Crippen molar-refractivity contribution in [2.75, 3.05) is 13.2 Å². The maximum Gasteiger partial charge on any atom is 0.355 e. The van der Waals surface area contributed by atoms with Crippen molar-refractivity contribution in [2.45, 2.75) is 39.3 Å². The predicted molar refractivity (Wildman–Crippen MR) is 127 cm³/mol. The highest BCUT2D eigenvalue weighted by molar-refractivity contribution is 6.76. The van der Waals surface area contributed by atoms with Gasteiger partial charge in [0.2, 0.25) is 0 Å². The van der Waals surface area contributed by atoms with Crippen molar-refractivity contribution in [1.29, 1.82) is 0 Å². The zero-order valence-electron chi connectivity index (χ0n) is 19.8. The van der Waals surface area contributed by atoms with Gasteiger partial charge < -0.3 is 14.0 Å². The van der Waals surface area contributed by atoms with Gasteiger partial charge in [0.05, 0.1) is 11.5 Å². The molecule has 0 N–H and O–H groups in total. The van der Waals surface area contributed by atoms with Gasteiger partial charge in [-0.3, -0.25) is 14.9 Å². The first kappa shape index (κ1) is 25.2. The lowest BCUT2D eigenvalue weighted by Gasteiger charge is -2.16. The number of nitro groups is 1. The lowest BCUT2D eigenvalue weighted by molar-refractivity contribution is -0.384. The molecule has 1 aromatic carbocycles. The Morgan fingerprint density at radius 3 is 2.59 bits per heavy atom. The summed E-state index contributed by atoms with van der Waals surface area (Å²) in [7, 11) is 0.00950. The predicted octanol–water partition coefficient (Wildman–Crippen LogP) is 3.94. The maximum absolute atomic E-state index is 14.8. The highest BCUT2D eigenvalue weighted by atomic mass is 28.3. The van der Waals surface area contributed by atoms with E-state index < -0.39 is 30.3 Å². The third-order valence-corrected chi connectivity index (χ3v) is 6.92. The molecule has 0 atom stereocenters. The number of fused-ring (bicyclic) bond motifs is 1. The van der Waals surface area contributed by atoms with Crippen molar-refractivity contribution >= 4 is 30.6 Å². The van der Waals surface area contributed by atoms with E-state index in [0.29, 0.717) is 6.61 Å². The molecule has 0 unspecified atom stereocenters. The number of non-ortho nitro benzene ring substituents is 1. The van der Waals surface area contributed by atoms with Crippen molar-refractivity contribution in [2.24, 2.45) is 7.05 Å². The van der Waals surface area contributed by atoms with E-state index in [9.17, 15) is 24.1 Å². The summed E-state index contributed by atoms with van der Waals surface area (Å²) in [6.45, 7) is 8.71. The summed E-state index contributed by atoms with van der Waals surface area (Å²) < 4.78 is 28.1. The Morgan fingerprint density at radius 1 is 1.26 bits per heavy atom. The average molecular weight is 491 g/mol. The molecule has 2 aromatic heterocycles. The molecule has 0 saturated heterocycles. The highest BCUT2D eigenvalue weighted by Gasteiger charge is 2.25. The van der Waals surface area contributed by atoms with Crippen LogP contribution in [0, 0.1) is 15.9 Å². The van der Waals surface area contributed by atoms with Crippen molar-refractivity contribution < 1.29 is 23.6 Å². The van der Waals surface area contributed by atoms with Gasteiger partial charge in [-0.25, -0.2) is 13.9 Å². The Bertz CT molecular complexity index is 1310. The van der Waals surface area contributed by atoms with E-state index in [0.717, 1.165) is 28.9 Å². The fourth-order valence-corrected chi connectivity index (χ4v) is 4.17. The van der Waals surface area contributed by atoms with Crippen molar-refractivity contribution in [1.82, 2.24) is 14.3 Å². The number of nitrogens with zero attached hydrogens (tertiary/aromatic N) is 4. The second kappa shape index (κ2) is 9.85. The van der Waals surface area contributed by atoms with Crippen LogP contribution in [0.3, 0.4) is 0 Å². The number of ether oxygens (including phenoxy) is 2. The van der Waals surface area contributed by atoms with Crippen LogP contribution in [0.15, 0.2) is 29.1 Å². The lowest BCUT2D eigenvalue weighted by atomic mass is 10.1. The summed E-state index contributed by atoms with van der Waals surface area (Å²) in [5.41, 5.74) is -0.933. The molecule has 0 saturated carbocycles. The second-order valence-electron chi connectivity index (χ2n) is 8.99. The molecule has 182 valence electrons. The van der Waals surface area contributed by atoms with E-state index in [1.165, 1.54) is 17.7 Å². The van der Waals surface area contributed by atoms with Gasteiger partial charge in [-0.1, -0.05) is 19.6 Å². The zero-order valence-corrected chi connectivity index (χ0v) is 20.8. The van der Waals surface area contributed by atoms with Gasteiger partial charge in [-0.15, -0.1) is 0 Å². The average Bonchev–Trinajstić information content (AvgIpc) is 3.13. The molecule has 34 heavy (non-hydrogen) atoms. The SMILES string of the molecule is CCOC(=O)c1cc2c(-c3cc([N+](=O)[O-])ccc3F)nn(C)c(=O)c2n1COCC[Si](C)(C)C. The van der Waals surface area contributed by atoms with E-state index in [1.807, 2.05) is 0 Å². The zero-order chi connectivity index (χ0) is 25.2. The number of rotatable bonds is 9. The third kappa shape index (κ3) is 5.23. The smallest absolute Gasteiger partial charge is 0.355 e. The first-order chi connectivity index (χ1) is 15.9. The Labute approximate surface area is 196 Å². The molecule has 0 bridgehead atoms. The van der Waals surface area contributed by atoms with Gasteiger partial charge in [-0.05, 0) is 25.1 Å². The molecule has 0 amide bonds. The van der Waals surface area contributed by atoms with Gasteiger partial charge in [0.15, 0.2) is 0 Å². The van der Waals surface area contributed by atoms with E-state index in [-0.39, 0.29) is 46.9 Å². The molecule has 2 heterocycles. The second-order valence-corrected chi connectivity index (χ2v) is 14.6. The molecule has 0 aliphatic heterocycles. The van der Waals surface area contributed by atoms with E-state index >= 15 is 0 Å². The molecule has 0 aliphatic carbocycles. The largest absolute Gasteiger partial charge is 0.461 e. The van der Waals surface area contributed by atoms with Crippen molar-refractivity contribution in [3.05, 3.63) is 56.2 Å². The Hall–Kier alpha value is -3.38. The monoisotopic (exact) mass is 490 g/mol. The van der Waals surface area contributed by atoms with Crippen LogP contribution in [0.5, 0.6) is 0 Å². The molecular weight excluding hydrogens is 463 g/mol. The van der Waals surface area contributed by atoms with Crippen LogP contribution in [0.25, 0.3) is 22.2 Å². The van der Waals surface area contributed by atoms with Gasteiger partial charge in [0.1, 0.15) is 29.5 Å². The number of nitro benzene ring substituents is 1. The Balaban J connectivity index is 2.23. The number of esters is 1. The minimum Gasteiger partial charge on any atom is -0.461 e. The minimum absolute atomic E-state index is 0.00954. The normalized spacial score (nSPS) is 11.7. The van der Waals surface area contributed by atoms with Gasteiger partial charge in [-0.2, -0.15) is 5.10 Å². The first-order valence-electron chi connectivity index (χ1n) is 10.7. The highest BCUT2D eigenvalue weighted by Crippen LogP contribution is 2.32. The number of carbonyl (C=O) groups is 1. The Morgan fingerprint density at radius 2 is 1.97 bits per heavy atom. The number of benzene rings is 1. The number of hydrogen-bond acceptors (Lipinski definition) is 7. The van der Waals surface area contributed by atoms with Crippen LogP contribution >= 0.6 is 0 Å². The molecule has 3 aromatic rings. The number of hydrogen-bond donors (Lipinski definition) is 0. The third-order valence-electron chi connectivity index (χ3n) is 5.22. The van der Waals surface area contributed by atoms with E-state index in [4.69, 9.17) is 9.47 Å². The first-order valence-corrected chi connectivity index (χ1v) is 14.4. The van der Waals surface area contributed by atoms with E-state index in [2.05, 4.69) is 24.7 Å². The Kier molecular flexibility index (Phi) is 7.31. The quantitative estimate of drug-likeness (QED) is 0.147. The summed E-state index contributed by atoms with van der Waals surface area (Å²) in [4.78, 5) is 36.3. The van der Waals surface area contributed by atoms with Crippen LogP contribution in [-0.2, 0) is 23.3 Å². The minimum atomic E-state index is -1.37. The molecule has 0 aliphatic rings. The van der Waals surface area contributed by atoms with Crippen LogP contribution < -0.4 is 5.56 Å². The summed E-state index contributed by atoms with van der Waals surface area (Å²) in [5, 5.41) is 15.6. The fraction of sp³-hybridized carbons (Fsp3) is 0.409. The molecular formula is C22H27FN4O6Si. The number of halogens is 1. The summed E-state index contributed by atoms with van der Waals surface area (Å²) >= 11 is 0. The molecule has 0 spiro atoms. The molecule has 0 radical (unpaired) electrons. The van der Waals surface area contributed by atoms with Gasteiger partial charge >= 0.3 is 5.97 Å². The van der Waals surface area contributed by atoms with Gasteiger partial charge in [0, 0.05) is 44.8 Å². The topological polar surface area (TPSA) is 118 Å². The lowest BCUT2D eigenvalue weighted by Crippen LogP contribution is -2.25. The van der Waals surface area contributed by atoms with E-state index in [1.54, 1.807) is 6.92 Å². The molecule has 0 fully saturated rings. The van der Waals surface area contributed by atoms with Crippen LogP contribution in [-0.4, -0.2) is 46.5 Å².